The summed E-state index contributed by atoms with van der Waals surface area (Å²) in [5, 5.41) is 0. The van der Waals surface area contributed by atoms with Crippen LogP contribution >= 0.6 is 0 Å². The molecule has 1 heterocycles. The molecule has 0 aliphatic heterocycles. The van der Waals surface area contributed by atoms with E-state index in [4.69, 9.17) is 0 Å². The summed E-state index contributed by atoms with van der Waals surface area (Å²) in [6.07, 6.45) is 5.40. The monoisotopic (exact) mass is 328 g/mol. The molecule has 122 valence electrons. The molecule has 0 N–H and O–H groups in total. The minimum Gasteiger partial charge on any atom is -0.261 e. The van der Waals surface area contributed by atoms with E-state index in [-0.39, 0.29) is 4.75 Å². The van der Waals surface area contributed by atoms with E-state index in [0.717, 1.165) is 24.1 Å². The first-order valence-electron chi connectivity index (χ1n) is 7.81. The van der Waals surface area contributed by atoms with Crippen LogP contribution in [0.5, 0.6) is 0 Å². The second kappa shape index (κ2) is 7.64. The molecule has 0 spiro atoms. The van der Waals surface area contributed by atoms with Crippen molar-refractivity contribution in [2.24, 2.45) is 4.40 Å². The molecule has 1 aromatic heterocycles. The summed E-state index contributed by atoms with van der Waals surface area (Å²) in [7, 11) is -1.22. The lowest BCUT2D eigenvalue weighted by Crippen LogP contribution is -2.19. The van der Waals surface area contributed by atoms with Crippen molar-refractivity contribution in [3.8, 4) is 0 Å². The SMILES string of the molecule is Cc1ccnc(CCc2cccc(C=N[S@@](=O)C(C)(C)C)c2)c1. The number of aromatic nitrogens is 1. The lowest BCUT2D eigenvalue weighted by molar-refractivity contribution is 0.651. The minimum atomic E-state index is -1.22. The van der Waals surface area contributed by atoms with Crippen molar-refractivity contribution < 1.29 is 4.21 Å². The zero-order valence-electron chi connectivity index (χ0n) is 14.2. The predicted octanol–water partition coefficient (Wildman–Crippen LogP) is 4.06. The maximum Gasteiger partial charge on any atom is 0.144 e. The zero-order chi connectivity index (χ0) is 16.9. The van der Waals surface area contributed by atoms with Crippen molar-refractivity contribution >= 4 is 17.2 Å². The zero-order valence-corrected chi connectivity index (χ0v) is 15.1. The molecule has 3 nitrogen and oxygen atoms in total. The van der Waals surface area contributed by atoms with E-state index in [9.17, 15) is 4.21 Å². The van der Waals surface area contributed by atoms with Gasteiger partial charge in [-0.05, 0) is 69.4 Å². The number of nitrogens with zero attached hydrogens (tertiary/aromatic N) is 2. The van der Waals surface area contributed by atoms with Crippen LogP contribution in [0.1, 0.15) is 43.2 Å². The number of rotatable bonds is 5. The molecule has 0 saturated carbocycles. The van der Waals surface area contributed by atoms with Gasteiger partial charge in [-0.1, -0.05) is 24.3 Å². The largest absolute Gasteiger partial charge is 0.261 e. The molecular weight excluding hydrogens is 304 g/mol. The summed E-state index contributed by atoms with van der Waals surface area (Å²) in [6, 6.07) is 12.3. The van der Waals surface area contributed by atoms with Crippen molar-refractivity contribution in [2.75, 3.05) is 0 Å². The first-order valence-corrected chi connectivity index (χ1v) is 8.92. The van der Waals surface area contributed by atoms with E-state index in [1.54, 1.807) is 6.21 Å². The number of benzene rings is 1. The first kappa shape index (κ1) is 17.5. The van der Waals surface area contributed by atoms with E-state index in [0.29, 0.717) is 0 Å². The molecule has 0 saturated heterocycles. The second-order valence-electron chi connectivity index (χ2n) is 6.67. The van der Waals surface area contributed by atoms with Crippen LogP contribution in [0, 0.1) is 6.92 Å². The van der Waals surface area contributed by atoms with E-state index < -0.39 is 11.0 Å². The topological polar surface area (TPSA) is 42.3 Å². The van der Waals surface area contributed by atoms with Crippen LogP contribution in [-0.4, -0.2) is 20.2 Å². The third-order valence-electron chi connectivity index (χ3n) is 3.41. The Labute approximate surface area is 141 Å². The molecule has 1 atom stereocenters. The standard InChI is InChI=1S/C19H24N2OS/c1-15-10-11-20-18(12-15)9-8-16-6-5-7-17(13-16)14-21-23(22)19(2,3)4/h5-7,10-14H,8-9H2,1-4H3/t23-/m0/s1. The Kier molecular flexibility index (Phi) is 5.83. The molecular formula is C19H24N2OS. The maximum absolute atomic E-state index is 12.0. The molecule has 4 heteroatoms. The Morgan fingerprint density at radius 2 is 1.96 bits per heavy atom. The molecule has 2 rings (SSSR count). The quantitative estimate of drug-likeness (QED) is 0.777. The number of hydrogen-bond donors (Lipinski definition) is 0. The molecule has 0 bridgehead atoms. The van der Waals surface area contributed by atoms with Gasteiger partial charge in [-0.2, -0.15) is 4.40 Å². The average Bonchev–Trinajstić information content (AvgIpc) is 2.50. The van der Waals surface area contributed by atoms with Gasteiger partial charge < -0.3 is 0 Å². The summed E-state index contributed by atoms with van der Waals surface area (Å²) in [6.45, 7) is 7.85. The molecule has 0 fully saturated rings. The lowest BCUT2D eigenvalue weighted by atomic mass is 10.0. The van der Waals surface area contributed by atoms with Crippen molar-refractivity contribution in [1.29, 1.82) is 0 Å². The van der Waals surface area contributed by atoms with E-state index in [1.165, 1.54) is 11.1 Å². The summed E-state index contributed by atoms with van der Waals surface area (Å²) in [5.41, 5.74) is 4.56. The van der Waals surface area contributed by atoms with E-state index >= 15 is 0 Å². The van der Waals surface area contributed by atoms with Gasteiger partial charge in [0.1, 0.15) is 11.0 Å². The van der Waals surface area contributed by atoms with Crippen LogP contribution < -0.4 is 0 Å². The molecule has 0 unspecified atom stereocenters. The summed E-state index contributed by atoms with van der Waals surface area (Å²) in [4.78, 5) is 4.40. The lowest BCUT2D eigenvalue weighted by Gasteiger charge is -2.12. The van der Waals surface area contributed by atoms with Crippen LogP contribution in [0.4, 0.5) is 0 Å². The summed E-state index contributed by atoms with van der Waals surface area (Å²) in [5.74, 6) is 0. The van der Waals surface area contributed by atoms with Gasteiger partial charge in [0, 0.05) is 18.1 Å². The Morgan fingerprint density at radius 3 is 2.65 bits per heavy atom. The first-order chi connectivity index (χ1) is 10.8. The fourth-order valence-electron chi connectivity index (χ4n) is 2.10. The van der Waals surface area contributed by atoms with E-state index in [2.05, 4.69) is 34.5 Å². The van der Waals surface area contributed by atoms with Gasteiger partial charge in [0.25, 0.3) is 0 Å². The molecule has 0 aliphatic carbocycles. The fourth-order valence-corrected chi connectivity index (χ4v) is 2.64. The Morgan fingerprint density at radius 1 is 1.17 bits per heavy atom. The second-order valence-corrected chi connectivity index (χ2v) is 8.60. The van der Waals surface area contributed by atoms with Crippen molar-refractivity contribution in [3.63, 3.8) is 0 Å². The molecule has 2 aromatic rings. The van der Waals surface area contributed by atoms with Gasteiger partial charge >= 0.3 is 0 Å². The summed E-state index contributed by atoms with van der Waals surface area (Å²) >= 11 is 0. The Hall–Kier alpha value is -1.81. The smallest absolute Gasteiger partial charge is 0.144 e. The van der Waals surface area contributed by atoms with Gasteiger partial charge in [-0.3, -0.25) is 4.98 Å². The molecule has 0 radical (unpaired) electrons. The fraction of sp³-hybridized carbons (Fsp3) is 0.368. The molecule has 0 aliphatic rings. The molecule has 1 aromatic carbocycles. The third-order valence-corrected chi connectivity index (χ3v) is 4.76. The van der Waals surface area contributed by atoms with Crippen LogP contribution in [0.15, 0.2) is 47.0 Å². The van der Waals surface area contributed by atoms with Crippen LogP contribution in [0.25, 0.3) is 0 Å². The van der Waals surface area contributed by atoms with Gasteiger partial charge in [-0.15, -0.1) is 0 Å². The van der Waals surface area contributed by atoms with Gasteiger partial charge in [0.05, 0.1) is 4.75 Å². The highest BCUT2D eigenvalue weighted by molar-refractivity contribution is 7.85. The average molecular weight is 328 g/mol. The van der Waals surface area contributed by atoms with E-state index in [1.807, 2.05) is 45.2 Å². The third kappa shape index (κ3) is 5.71. The highest BCUT2D eigenvalue weighted by Gasteiger charge is 2.18. The number of aryl methyl sites for hydroxylation is 3. The Balaban J connectivity index is 2.02. The van der Waals surface area contributed by atoms with Crippen molar-refractivity contribution in [3.05, 3.63) is 65.0 Å². The van der Waals surface area contributed by atoms with Crippen LogP contribution in [0.2, 0.25) is 0 Å². The summed E-state index contributed by atoms with van der Waals surface area (Å²) < 4.78 is 15.8. The highest BCUT2D eigenvalue weighted by atomic mass is 32.2. The Bertz CT molecular complexity index is 717. The van der Waals surface area contributed by atoms with Crippen molar-refractivity contribution in [2.45, 2.75) is 45.3 Å². The van der Waals surface area contributed by atoms with Crippen LogP contribution in [-0.2, 0) is 23.8 Å². The maximum atomic E-state index is 12.0. The van der Waals surface area contributed by atoms with Gasteiger partial charge in [0.15, 0.2) is 0 Å². The molecule has 0 amide bonds. The van der Waals surface area contributed by atoms with Gasteiger partial charge in [-0.25, -0.2) is 4.21 Å². The van der Waals surface area contributed by atoms with Gasteiger partial charge in [0.2, 0.25) is 0 Å². The predicted molar refractivity (Wildman–Crippen MR) is 98.3 cm³/mol. The molecule has 23 heavy (non-hydrogen) atoms. The minimum absolute atomic E-state index is 0.328. The highest BCUT2D eigenvalue weighted by Crippen LogP contribution is 2.13. The van der Waals surface area contributed by atoms with Crippen LogP contribution in [0.3, 0.4) is 0 Å². The van der Waals surface area contributed by atoms with Crippen molar-refractivity contribution in [1.82, 2.24) is 4.98 Å². The normalized spacial score (nSPS) is 13.4. The number of hydrogen-bond acceptors (Lipinski definition) is 2. The number of pyridine rings is 1.